The molecule has 3 aromatic rings. The van der Waals surface area contributed by atoms with Crippen molar-refractivity contribution in [3.05, 3.63) is 42.5 Å². The number of rotatable bonds is 5. The largest absolute Gasteiger partial charge is 0.338 e. The van der Waals surface area contributed by atoms with Crippen molar-refractivity contribution < 1.29 is 27.6 Å². The lowest BCUT2D eigenvalue weighted by atomic mass is 10.2. The first kappa shape index (κ1) is 15.9. The van der Waals surface area contributed by atoms with Crippen molar-refractivity contribution >= 4 is 33.2 Å². The molecule has 0 aliphatic rings. The number of hydrogen-bond donors (Lipinski definition) is 3. The number of nitrogens with one attached hydrogen (secondary N) is 1. The fourth-order valence-electron chi connectivity index (χ4n) is 2.09. The van der Waals surface area contributed by atoms with E-state index in [-0.39, 0.29) is 15.3 Å². The Bertz CT molecular complexity index is 940. The molecular formula is C13H10N2O6S2. The molecule has 0 spiro atoms. The lowest BCUT2D eigenvalue weighted by Gasteiger charge is -2.02. The number of aromatic nitrogens is 2. The monoisotopic (exact) mass is 354 g/mol. The van der Waals surface area contributed by atoms with E-state index < -0.39 is 10.1 Å². The van der Waals surface area contributed by atoms with Crippen LogP contribution in [0.25, 0.3) is 22.4 Å². The molecule has 0 aliphatic carbocycles. The van der Waals surface area contributed by atoms with Gasteiger partial charge in [-0.25, -0.2) is 10.2 Å². The first-order valence-electron chi connectivity index (χ1n) is 6.20. The predicted octanol–water partition coefficient (Wildman–Crippen LogP) is 2.90. The van der Waals surface area contributed by atoms with Crippen LogP contribution in [0.4, 0.5) is 0 Å². The highest BCUT2D eigenvalue weighted by molar-refractivity contribution is 7.94. The van der Waals surface area contributed by atoms with Crippen LogP contribution in [0.15, 0.2) is 52.3 Å². The van der Waals surface area contributed by atoms with Gasteiger partial charge in [-0.05, 0) is 12.1 Å². The Hall–Kier alpha value is -1.95. The highest BCUT2D eigenvalue weighted by Gasteiger charge is 2.20. The third-order valence-electron chi connectivity index (χ3n) is 3.01. The fourth-order valence-corrected chi connectivity index (χ4v) is 3.28. The summed E-state index contributed by atoms with van der Waals surface area (Å²) in [4.78, 5) is 7.13. The van der Waals surface area contributed by atoms with Crippen LogP contribution >= 0.6 is 12.0 Å². The second-order valence-corrected chi connectivity index (χ2v) is 6.63. The molecule has 0 radical (unpaired) electrons. The zero-order valence-corrected chi connectivity index (χ0v) is 13.0. The average Bonchev–Trinajstić information content (AvgIpc) is 2.95. The van der Waals surface area contributed by atoms with Crippen LogP contribution < -0.4 is 0 Å². The van der Waals surface area contributed by atoms with E-state index in [9.17, 15) is 13.0 Å². The van der Waals surface area contributed by atoms with Crippen molar-refractivity contribution in [2.45, 2.75) is 9.79 Å². The van der Waals surface area contributed by atoms with E-state index in [1.165, 1.54) is 0 Å². The topological polar surface area (TPSA) is 122 Å². The first-order valence-corrected chi connectivity index (χ1v) is 8.38. The van der Waals surface area contributed by atoms with Crippen molar-refractivity contribution in [2.75, 3.05) is 0 Å². The molecular weight excluding hydrogens is 344 g/mol. The molecule has 0 fully saturated rings. The molecule has 0 saturated carbocycles. The van der Waals surface area contributed by atoms with Gasteiger partial charge in [-0.2, -0.15) is 8.42 Å². The number of fused-ring (bicyclic) bond motifs is 1. The Balaban J connectivity index is 2.20. The van der Waals surface area contributed by atoms with E-state index in [0.29, 0.717) is 23.4 Å². The van der Waals surface area contributed by atoms with Crippen LogP contribution in [0.2, 0.25) is 0 Å². The van der Waals surface area contributed by atoms with Gasteiger partial charge in [0.05, 0.1) is 17.6 Å². The van der Waals surface area contributed by atoms with Crippen LogP contribution in [0.5, 0.6) is 0 Å². The first-order chi connectivity index (χ1) is 11.0. The highest BCUT2D eigenvalue weighted by atomic mass is 32.2. The average molecular weight is 354 g/mol. The number of aromatic amines is 1. The van der Waals surface area contributed by atoms with Crippen LogP contribution in [0.1, 0.15) is 0 Å². The van der Waals surface area contributed by atoms with Crippen molar-refractivity contribution in [3.63, 3.8) is 0 Å². The Morgan fingerprint density at radius 3 is 2.57 bits per heavy atom. The van der Waals surface area contributed by atoms with E-state index in [1.807, 2.05) is 30.3 Å². The van der Waals surface area contributed by atoms with Crippen LogP contribution in [-0.2, 0) is 19.5 Å². The van der Waals surface area contributed by atoms with E-state index in [1.54, 1.807) is 6.07 Å². The third-order valence-corrected chi connectivity index (χ3v) is 4.44. The number of nitrogens with zero attached hydrogens (tertiary/aromatic N) is 1. The van der Waals surface area contributed by atoms with E-state index in [0.717, 1.165) is 11.6 Å². The Kier molecular flexibility index (Phi) is 4.35. The standard InChI is InChI=1S/C13H10N2O6S2/c16-20-21-22-9-6-10-12(11(7-9)23(17,18)19)15-13(14-10)8-4-2-1-3-5-8/h1-7,16H,(H,14,15)(H,17,18,19). The molecule has 1 heterocycles. The van der Waals surface area contributed by atoms with Gasteiger partial charge in [0.2, 0.25) is 0 Å². The molecule has 23 heavy (non-hydrogen) atoms. The maximum Gasteiger partial charge on any atom is 0.296 e. The Morgan fingerprint density at radius 2 is 1.91 bits per heavy atom. The van der Waals surface area contributed by atoms with Crippen molar-refractivity contribution in [2.24, 2.45) is 0 Å². The quantitative estimate of drug-likeness (QED) is 0.277. The van der Waals surface area contributed by atoms with Gasteiger partial charge in [-0.15, -0.1) is 4.33 Å². The number of hydrogen-bond acceptors (Lipinski definition) is 7. The van der Waals surface area contributed by atoms with Gasteiger partial charge in [-0.1, -0.05) is 35.4 Å². The molecule has 8 nitrogen and oxygen atoms in total. The summed E-state index contributed by atoms with van der Waals surface area (Å²) in [5.41, 5.74) is 1.23. The summed E-state index contributed by atoms with van der Waals surface area (Å²) in [6.45, 7) is 0. The summed E-state index contributed by atoms with van der Waals surface area (Å²) in [6.07, 6.45) is 0. The number of imidazole rings is 1. The van der Waals surface area contributed by atoms with Gasteiger partial charge in [0, 0.05) is 10.5 Å². The minimum Gasteiger partial charge on any atom is -0.338 e. The molecule has 3 N–H and O–H groups in total. The molecule has 0 atom stereocenters. The van der Waals surface area contributed by atoms with Gasteiger partial charge in [0.25, 0.3) is 10.1 Å². The minimum absolute atomic E-state index is 0.0978. The highest BCUT2D eigenvalue weighted by Crippen LogP contribution is 2.31. The molecule has 0 amide bonds. The SMILES string of the molecule is O=S(=O)(O)c1cc(SOOO)cc2[nH]c(-c3ccccc3)nc12. The van der Waals surface area contributed by atoms with E-state index >= 15 is 0 Å². The fraction of sp³-hybridized carbons (Fsp3) is 0. The third kappa shape index (κ3) is 3.37. The second-order valence-electron chi connectivity index (χ2n) is 4.47. The summed E-state index contributed by atoms with van der Waals surface area (Å²) in [5.74, 6) is 0.451. The molecule has 120 valence electrons. The Labute approximate surface area is 134 Å². The molecule has 0 bridgehead atoms. The zero-order valence-electron chi connectivity index (χ0n) is 11.3. The summed E-state index contributed by atoms with van der Waals surface area (Å²) in [5, 5.41) is 11.7. The number of H-pyrrole nitrogens is 1. The maximum atomic E-state index is 11.6. The van der Waals surface area contributed by atoms with E-state index in [2.05, 4.69) is 19.3 Å². The molecule has 2 aromatic carbocycles. The molecule has 1 aromatic heterocycles. The molecule has 0 aliphatic heterocycles. The van der Waals surface area contributed by atoms with Gasteiger partial charge in [0.1, 0.15) is 16.2 Å². The van der Waals surface area contributed by atoms with E-state index in [4.69, 9.17) is 5.26 Å². The van der Waals surface area contributed by atoms with Crippen LogP contribution in [-0.4, -0.2) is 28.2 Å². The summed E-state index contributed by atoms with van der Waals surface area (Å²) < 4.78 is 36.9. The van der Waals surface area contributed by atoms with Gasteiger partial charge in [0.15, 0.2) is 0 Å². The lowest BCUT2D eigenvalue weighted by Crippen LogP contribution is -1.99. The van der Waals surface area contributed by atoms with Crippen molar-refractivity contribution in [1.29, 1.82) is 0 Å². The smallest absolute Gasteiger partial charge is 0.296 e. The number of benzene rings is 2. The second kappa shape index (κ2) is 6.28. The maximum absolute atomic E-state index is 11.6. The summed E-state index contributed by atoms with van der Waals surface area (Å²) >= 11 is 0.575. The van der Waals surface area contributed by atoms with Crippen LogP contribution in [0, 0.1) is 0 Å². The normalized spacial score (nSPS) is 11.9. The molecule has 3 rings (SSSR count). The summed E-state index contributed by atoms with van der Waals surface area (Å²) in [7, 11) is -4.50. The molecule has 0 saturated heterocycles. The van der Waals surface area contributed by atoms with Gasteiger partial charge < -0.3 is 4.98 Å². The summed E-state index contributed by atoms with van der Waals surface area (Å²) in [6, 6.07) is 11.8. The van der Waals surface area contributed by atoms with Gasteiger partial charge >= 0.3 is 0 Å². The van der Waals surface area contributed by atoms with Crippen LogP contribution in [0.3, 0.4) is 0 Å². The zero-order chi connectivity index (χ0) is 16.4. The lowest BCUT2D eigenvalue weighted by molar-refractivity contribution is -0.432. The van der Waals surface area contributed by atoms with Gasteiger partial charge in [-0.3, -0.25) is 4.55 Å². The van der Waals surface area contributed by atoms with Crippen molar-refractivity contribution in [1.82, 2.24) is 9.97 Å². The minimum atomic E-state index is -4.50. The molecule has 10 heteroatoms. The Morgan fingerprint density at radius 1 is 1.17 bits per heavy atom. The van der Waals surface area contributed by atoms with Crippen molar-refractivity contribution in [3.8, 4) is 11.4 Å². The molecule has 0 unspecified atom stereocenters. The predicted molar refractivity (Wildman–Crippen MR) is 82.0 cm³/mol.